The molecule has 8 heteroatoms. The lowest BCUT2D eigenvalue weighted by Crippen LogP contribution is -2.49. The van der Waals surface area contributed by atoms with Crippen LogP contribution in [-0.4, -0.2) is 23.5 Å². The predicted octanol–water partition coefficient (Wildman–Crippen LogP) is 3.37. The summed E-state index contributed by atoms with van der Waals surface area (Å²) in [7, 11) is 0. The monoisotopic (exact) mass is 328 g/mol. The number of hydrogen-bond acceptors (Lipinski definition) is 4. The van der Waals surface area contributed by atoms with Crippen molar-refractivity contribution in [1.29, 1.82) is 0 Å². The zero-order chi connectivity index (χ0) is 16.2. The van der Waals surface area contributed by atoms with E-state index in [0.717, 1.165) is 11.3 Å². The van der Waals surface area contributed by atoms with Crippen molar-refractivity contribution in [2.75, 3.05) is 16.8 Å². The number of nitrogens with one attached hydrogen (secondary N) is 1. The van der Waals surface area contributed by atoms with Gasteiger partial charge < -0.3 is 10.2 Å². The van der Waals surface area contributed by atoms with Crippen LogP contribution in [0.1, 0.15) is 5.56 Å². The first-order valence-corrected chi connectivity index (χ1v) is 7.34. The average molecular weight is 329 g/mol. The Morgan fingerprint density at radius 1 is 1.39 bits per heavy atom. The minimum absolute atomic E-state index is 0.0363. The summed E-state index contributed by atoms with van der Waals surface area (Å²) in [5, 5.41) is 6.67. The van der Waals surface area contributed by atoms with Crippen LogP contribution in [0.25, 0.3) is 10.4 Å². The molecule has 23 heavy (non-hydrogen) atoms. The molecular weight excluding hydrogens is 316 g/mol. The highest BCUT2D eigenvalue weighted by molar-refractivity contribution is 6.29. The van der Waals surface area contributed by atoms with Crippen molar-refractivity contribution in [2.45, 2.75) is 12.6 Å². The maximum atomic E-state index is 12.4. The van der Waals surface area contributed by atoms with E-state index >= 15 is 0 Å². The third-order valence-corrected chi connectivity index (χ3v) is 3.82. The van der Waals surface area contributed by atoms with E-state index in [2.05, 4.69) is 20.3 Å². The number of aromatic nitrogens is 1. The third kappa shape index (κ3) is 3.21. The number of carbonyl (C=O) groups excluding carboxylic acids is 1. The van der Waals surface area contributed by atoms with Gasteiger partial charge in [-0.2, -0.15) is 0 Å². The molecule has 0 bridgehead atoms. The molecule has 1 atom stereocenters. The summed E-state index contributed by atoms with van der Waals surface area (Å²) in [6.45, 7) is 0.530. The second-order valence-electron chi connectivity index (χ2n) is 5.06. The molecule has 1 N–H and O–H groups in total. The predicted molar refractivity (Wildman–Crippen MR) is 88.3 cm³/mol. The summed E-state index contributed by atoms with van der Waals surface area (Å²) < 4.78 is 0. The van der Waals surface area contributed by atoms with Gasteiger partial charge in [-0.25, -0.2) is 4.98 Å². The number of carbonyl (C=O) groups is 1. The van der Waals surface area contributed by atoms with Gasteiger partial charge in [-0.05, 0) is 11.1 Å². The van der Waals surface area contributed by atoms with Crippen molar-refractivity contribution >= 4 is 28.9 Å². The number of rotatable bonds is 4. The van der Waals surface area contributed by atoms with Crippen LogP contribution >= 0.6 is 11.6 Å². The van der Waals surface area contributed by atoms with Gasteiger partial charge in [0.05, 0.1) is 24.1 Å². The molecule has 2 heterocycles. The summed E-state index contributed by atoms with van der Waals surface area (Å²) in [5.74, 6) is -0.232. The standard InChI is InChI=1S/C15H13ClN6O/c16-14-6-12-11(7-18-14)20-15(23)13(8-19-21-17)22(12)9-10-4-2-1-3-5-10/h1-7,13H,8-9H2,(H,20,23). The van der Waals surface area contributed by atoms with Crippen LogP contribution in [0.5, 0.6) is 0 Å². The number of pyridine rings is 1. The Kier molecular flexibility index (Phi) is 4.32. The Labute approximate surface area is 137 Å². The third-order valence-electron chi connectivity index (χ3n) is 3.61. The smallest absolute Gasteiger partial charge is 0.247 e. The number of benzene rings is 1. The van der Waals surface area contributed by atoms with Gasteiger partial charge in [0.25, 0.3) is 0 Å². The van der Waals surface area contributed by atoms with E-state index in [1.165, 1.54) is 6.20 Å². The SMILES string of the molecule is [N-]=[N+]=NCC1C(=O)Nc2cnc(Cl)cc2N1Cc1ccccc1. The molecule has 1 unspecified atom stereocenters. The van der Waals surface area contributed by atoms with Gasteiger partial charge in [-0.15, -0.1) is 0 Å². The molecule has 7 nitrogen and oxygen atoms in total. The van der Waals surface area contributed by atoms with Crippen LogP contribution in [0.4, 0.5) is 11.4 Å². The molecule has 1 aromatic heterocycles. The van der Waals surface area contributed by atoms with E-state index in [-0.39, 0.29) is 12.5 Å². The highest BCUT2D eigenvalue weighted by Crippen LogP contribution is 2.34. The molecule has 0 aliphatic carbocycles. The van der Waals surface area contributed by atoms with Gasteiger partial charge in [0.1, 0.15) is 11.2 Å². The Morgan fingerprint density at radius 3 is 2.91 bits per heavy atom. The average Bonchev–Trinajstić information content (AvgIpc) is 2.56. The largest absolute Gasteiger partial charge is 0.353 e. The number of hydrogen-bond donors (Lipinski definition) is 1. The van der Waals surface area contributed by atoms with E-state index < -0.39 is 6.04 Å². The van der Waals surface area contributed by atoms with E-state index in [1.54, 1.807) is 6.07 Å². The number of azide groups is 1. The van der Waals surface area contributed by atoms with E-state index in [0.29, 0.717) is 17.4 Å². The Bertz CT molecular complexity index is 775. The zero-order valence-corrected chi connectivity index (χ0v) is 12.8. The second-order valence-corrected chi connectivity index (χ2v) is 5.44. The quantitative estimate of drug-likeness (QED) is 0.403. The highest BCUT2D eigenvalue weighted by Gasteiger charge is 2.32. The summed E-state index contributed by atoms with van der Waals surface area (Å²) >= 11 is 6.00. The van der Waals surface area contributed by atoms with Crippen molar-refractivity contribution in [1.82, 2.24) is 4.98 Å². The molecule has 116 valence electrons. The molecule has 0 radical (unpaired) electrons. The van der Waals surface area contributed by atoms with Crippen LogP contribution in [0.2, 0.25) is 5.15 Å². The fourth-order valence-corrected chi connectivity index (χ4v) is 2.70. The molecule has 0 spiro atoms. The first kappa shape index (κ1) is 15.1. The summed E-state index contributed by atoms with van der Waals surface area (Å²) in [4.78, 5) is 21.0. The number of amides is 1. The molecule has 3 rings (SSSR count). The number of anilines is 2. The molecule has 0 saturated carbocycles. The maximum absolute atomic E-state index is 12.4. The van der Waals surface area contributed by atoms with Gasteiger partial charge >= 0.3 is 0 Å². The Morgan fingerprint density at radius 2 is 2.17 bits per heavy atom. The highest BCUT2D eigenvalue weighted by atomic mass is 35.5. The Hall–Kier alpha value is -2.76. The Balaban J connectivity index is 2.02. The lowest BCUT2D eigenvalue weighted by atomic mass is 10.1. The first-order chi connectivity index (χ1) is 11.2. The van der Waals surface area contributed by atoms with Gasteiger partial charge in [-0.1, -0.05) is 47.0 Å². The number of fused-ring (bicyclic) bond motifs is 1. The maximum Gasteiger partial charge on any atom is 0.247 e. The fraction of sp³-hybridized carbons (Fsp3) is 0.200. The van der Waals surface area contributed by atoms with Crippen LogP contribution in [0, 0.1) is 0 Å². The molecule has 2 aromatic rings. The van der Waals surface area contributed by atoms with Gasteiger partial charge in [-0.3, -0.25) is 4.79 Å². The van der Waals surface area contributed by atoms with Gasteiger partial charge in [0, 0.05) is 17.5 Å². The van der Waals surface area contributed by atoms with Crippen molar-refractivity contribution in [3.8, 4) is 0 Å². The van der Waals surface area contributed by atoms with Crippen LogP contribution in [-0.2, 0) is 11.3 Å². The summed E-state index contributed by atoms with van der Waals surface area (Å²) in [5.41, 5.74) is 11.0. The molecule has 1 amide bonds. The normalized spacial score (nSPS) is 16.3. The lowest BCUT2D eigenvalue weighted by molar-refractivity contribution is -0.117. The summed E-state index contributed by atoms with van der Waals surface area (Å²) in [6.07, 6.45) is 1.53. The molecule has 1 aliphatic heterocycles. The van der Waals surface area contributed by atoms with Crippen LogP contribution in [0.15, 0.2) is 47.7 Å². The van der Waals surface area contributed by atoms with Gasteiger partial charge in [0.2, 0.25) is 5.91 Å². The zero-order valence-electron chi connectivity index (χ0n) is 12.1. The minimum Gasteiger partial charge on any atom is -0.353 e. The fourth-order valence-electron chi connectivity index (χ4n) is 2.55. The van der Waals surface area contributed by atoms with Crippen molar-refractivity contribution in [3.63, 3.8) is 0 Å². The van der Waals surface area contributed by atoms with Crippen LogP contribution in [0.3, 0.4) is 0 Å². The van der Waals surface area contributed by atoms with Crippen molar-refractivity contribution < 1.29 is 4.79 Å². The van der Waals surface area contributed by atoms with Gasteiger partial charge in [0.15, 0.2) is 0 Å². The molecule has 1 aliphatic rings. The van der Waals surface area contributed by atoms with E-state index in [4.69, 9.17) is 17.1 Å². The topological polar surface area (TPSA) is 94.0 Å². The number of halogens is 1. The summed E-state index contributed by atoms with van der Waals surface area (Å²) in [6, 6.07) is 10.8. The molecule has 1 aromatic carbocycles. The lowest BCUT2D eigenvalue weighted by Gasteiger charge is -2.37. The van der Waals surface area contributed by atoms with E-state index in [1.807, 2.05) is 35.2 Å². The number of nitrogens with zero attached hydrogens (tertiary/aromatic N) is 5. The molecule has 0 saturated heterocycles. The van der Waals surface area contributed by atoms with Crippen molar-refractivity contribution in [2.24, 2.45) is 5.11 Å². The minimum atomic E-state index is -0.600. The molecule has 0 fully saturated rings. The second kappa shape index (κ2) is 6.56. The first-order valence-electron chi connectivity index (χ1n) is 6.97. The van der Waals surface area contributed by atoms with Crippen molar-refractivity contribution in [3.05, 3.63) is 63.8 Å². The van der Waals surface area contributed by atoms with E-state index in [9.17, 15) is 4.79 Å². The molecular formula is C15H13ClN6O. The van der Waals surface area contributed by atoms with Crippen LogP contribution < -0.4 is 10.2 Å².